The number of carbonyl (C=O) groups excluding carboxylic acids is 1. The molecule has 1 aromatic rings. The van der Waals surface area contributed by atoms with Crippen molar-refractivity contribution in [2.45, 2.75) is 12.5 Å². The van der Waals surface area contributed by atoms with E-state index in [-0.39, 0.29) is 28.8 Å². The molecule has 9 heteroatoms. The highest BCUT2D eigenvalue weighted by Gasteiger charge is 2.32. The van der Waals surface area contributed by atoms with E-state index in [0.29, 0.717) is 6.42 Å². The Labute approximate surface area is 121 Å². The summed E-state index contributed by atoms with van der Waals surface area (Å²) < 4.78 is 22.8. The van der Waals surface area contributed by atoms with E-state index in [2.05, 4.69) is 10.3 Å². The molecule has 8 nitrogen and oxygen atoms in total. The molecule has 1 aromatic heterocycles. The Morgan fingerprint density at radius 1 is 1.43 bits per heavy atom. The number of carboxylic acid groups (broad SMARTS) is 1. The van der Waals surface area contributed by atoms with Gasteiger partial charge in [-0.25, -0.2) is 18.0 Å². The Bertz CT molecular complexity index is 673. The molecule has 1 atom stereocenters. The van der Waals surface area contributed by atoms with Crippen LogP contribution < -0.4 is 5.32 Å². The Balaban J connectivity index is 2.04. The Morgan fingerprint density at radius 3 is 2.71 bits per heavy atom. The van der Waals surface area contributed by atoms with Gasteiger partial charge in [0.1, 0.15) is 0 Å². The van der Waals surface area contributed by atoms with E-state index in [1.165, 1.54) is 30.4 Å². The van der Waals surface area contributed by atoms with E-state index < -0.39 is 21.8 Å². The molecule has 2 amide bonds. The third kappa shape index (κ3) is 3.69. The van der Waals surface area contributed by atoms with Gasteiger partial charge in [-0.3, -0.25) is 4.98 Å². The second kappa shape index (κ2) is 5.68. The number of nitrogens with zero attached hydrogens (tertiary/aromatic N) is 2. The molecular formula is C12H15N3O5S. The number of anilines is 1. The fraction of sp³-hybridized carbons (Fsp3) is 0.417. The van der Waals surface area contributed by atoms with E-state index >= 15 is 0 Å². The molecule has 0 bridgehead atoms. The number of hydrogen-bond donors (Lipinski definition) is 2. The number of hydrogen-bond acceptors (Lipinski definition) is 5. The summed E-state index contributed by atoms with van der Waals surface area (Å²) in [5, 5.41) is 11.4. The highest BCUT2D eigenvalue weighted by atomic mass is 32.2. The van der Waals surface area contributed by atoms with Gasteiger partial charge in [0.15, 0.2) is 9.84 Å². The number of amides is 2. The topological polar surface area (TPSA) is 117 Å². The van der Waals surface area contributed by atoms with Crippen molar-refractivity contribution < 1.29 is 23.1 Å². The first-order chi connectivity index (χ1) is 9.78. The highest BCUT2D eigenvalue weighted by Crippen LogP contribution is 2.18. The van der Waals surface area contributed by atoms with Crippen molar-refractivity contribution in [1.82, 2.24) is 9.88 Å². The summed E-state index contributed by atoms with van der Waals surface area (Å²) >= 11 is 0. The van der Waals surface area contributed by atoms with Crippen LogP contribution in [-0.2, 0) is 9.84 Å². The first-order valence-electron chi connectivity index (χ1n) is 6.21. The SMILES string of the molecule is CN(C(=O)Nc1cncc(C(=O)O)c1)C1CCS(=O)(=O)C1. The van der Waals surface area contributed by atoms with Crippen LogP contribution in [0.4, 0.5) is 10.5 Å². The third-order valence-electron chi connectivity index (χ3n) is 3.31. The predicted octanol–water partition coefficient (Wildman–Crippen LogP) is 0.431. The van der Waals surface area contributed by atoms with E-state index in [9.17, 15) is 18.0 Å². The largest absolute Gasteiger partial charge is 0.478 e. The smallest absolute Gasteiger partial charge is 0.337 e. The fourth-order valence-electron chi connectivity index (χ4n) is 2.08. The van der Waals surface area contributed by atoms with Crippen LogP contribution in [0, 0.1) is 0 Å². The average Bonchev–Trinajstić information content (AvgIpc) is 2.78. The van der Waals surface area contributed by atoms with Gasteiger partial charge in [-0.15, -0.1) is 0 Å². The van der Waals surface area contributed by atoms with Gasteiger partial charge in [-0.2, -0.15) is 0 Å². The molecule has 1 aliphatic heterocycles. The lowest BCUT2D eigenvalue weighted by atomic mass is 10.2. The van der Waals surface area contributed by atoms with Gasteiger partial charge < -0.3 is 15.3 Å². The van der Waals surface area contributed by atoms with Crippen molar-refractivity contribution in [3.8, 4) is 0 Å². The molecule has 2 N–H and O–H groups in total. The quantitative estimate of drug-likeness (QED) is 0.836. The maximum Gasteiger partial charge on any atom is 0.337 e. The zero-order valence-electron chi connectivity index (χ0n) is 11.3. The van der Waals surface area contributed by atoms with Crippen LogP contribution >= 0.6 is 0 Å². The minimum absolute atomic E-state index is 0.0427. The average molecular weight is 313 g/mol. The molecule has 1 aliphatic rings. The number of sulfone groups is 1. The van der Waals surface area contributed by atoms with Crippen molar-refractivity contribution in [2.24, 2.45) is 0 Å². The molecule has 0 aromatic carbocycles. The number of nitrogens with one attached hydrogen (secondary N) is 1. The van der Waals surface area contributed by atoms with Crippen LogP contribution in [0.15, 0.2) is 18.5 Å². The molecule has 1 fully saturated rings. The van der Waals surface area contributed by atoms with Crippen LogP contribution in [-0.4, -0.2) is 60.0 Å². The van der Waals surface area contributed by atoms with Crippen LogP contribution in [0.3, 0.4) is 0 Å². The third-order valence-corrected chi connectivity index (χ3v) is 5.06. The molecule has 2 rings (SSSR count). The zero-order valence-corrected chi connectivity index (χ0v) is 12.1. The van der Waals surface area contributed by atoms with Crippen LogP contribution in [0.5, 0.6) is 0 Å². The molecular weight excluding hydrogens is 298 g/mol. The van der Waals surface area contributed by atoms with Gasteiger partial charge in [0.05, 0.1) is 29.0 Å². The number of aromatic nitrogens is 1. The van der Waals surface area contributed by atoms with E-state index in [4.69, 9.17) is 5.11 Å². The number of carbonyl (C=O) groups is 2. The van der Waals surface area contributed by atoms with Crippen LogP contribution in [0.2, 0.25) is 0 Å². The summed E-state index contributed by atoms with van der Waals surface area (Å²) in [7, 11) is -1.57. The molecule has 21 heavy (non-hydrogen) atoms. The van der Waals surface area contributed by atoms with Crippen molar-refractivity contribution in [3.05, 3.63) is 24.0 Å². The summed E-state index contributed by atoms with van der Waals surface area (Å²) in [6.45, 7) is 0. The molecule has 114 valence electrons. The Morgan fingerprint density at radius 2 is 2.14 bits per heavy atom. The molecule has 1 unspecified atom stereocenters. The molecule has 1 saturated heterocycles. The normalized spacial score (nSPS) is 20.0. The molecule has 0 spiro atoms. The maximum atomic E-state index is 12.0. The Hall–Kier alpha value is -2.16. The van der Waals surface area contributed by atoms with Crippen molar-refractivity contribution in [1.29, 1.82) is 0 Å². The van der Waals surface area contributed by atoms with Gasteiger partial charge in [-0.1, -0.05) is 0 Å². The highest BCUT2D eigenvalue weighted by molar-refractivity contribution is 7.91. The molecule has 0 radical (unpaired) electrons. The lowest BCUT2D eigenvalue weighted by Gasteiger charge is -2.23. The van der Waals surface area contributed by atoms with Crippen molar-refractivity contribution in [3.63, 3.8) is 0 Å². The maximum absolute atomic E-state index is 12.0. The van der Waals surface area contributed by atoms with Crippen molar-refractivity contribution in [2.75, 3.05) is 23.9 Å². The monoisotopic (exact) mass is 313 g/mol. The van der Waals surface area contributed by atoms with E-state index in [0.717, 1.165) is 0 Å². The lowest BCUT2D eigenvalue weighted by Crippen LogP contribution is -2.40. The van der Waals surface area contributed by atoms with Crippen LogP contribution in [0.25, 0.3) is 0 Å². The lowest BCUT2D eigenvalue weighted by molar-refractivity contribution is 0.0696. The molecule has 0 aliphatic carbocycles. The van der Waals surface area contributed by atoms with Gasteiger partial charge in [0.25, 0.3) is 0 Å². The summed E-state index contributed by atoms with van der Waals surface area (Å²) in [6.07, 6.45) is 2.90. The summed E-state index contributed by atoms with van der Waals surface area (Å²) in [5.41, 5.74) is 0.200. The fourth-order valence-corrected chi connectivity index (χ4v) is 3.86. The van der Waals surface area contributed by atoms with Gasteiger partial charge in [-0.05, 0) is 12.5 Å². The van der Waals surface area contributed by atoms with E-state index in [1.807, 2.05) is 0 Å². The first kappa shape index (κ1) is 15.2. The number of rotatable bonds is 3. The van der Waals surface area contributed by atoms with Crippen molar-refractivity contribution >= 4 is 27.5 Å². The number of urea groups is 1. The van der Waals surface area contributed by atoms with Gasteiger partial charge in [0, 0.05) is 19.3 Å². The van der Waals surface area contributed by atoms with Gasteiger partial charge >= 0.3 is 12.0 Å². The molecule has 2 heterocycles. The number of aromatic carboxylic acids is 1. The number of pyridine rings is 1. The van der Waals surface area contributed by atoms with Crippen LogP contribution in [0.1, 0.15) is 16.8 Å². The first-order valence-corrected chi connectivity index (χ1v) is 8.03. The standard InChI is InChI=1S/C12H15N3O5S/c1-15(10-2-3-21(19,20)7-10)12(18)14-9-4-8(11(16)17)5-13-6-9/h4-6,10H,2-3,7H2,1H3,(H,14,18)(H,16,17). The molecule has 0 saturated carbocycles. The predicted molar refractivity (Wildman–Crippen MR) is 75.0 cm³/mol. The summed E-state index contributed by atoms with van der Waals surface area (Å²) in [4.78, 5) is 27.9. The van der Waals surface area contributed by atoms with E-state index in [1.54, 1.807) is 0 Å². The minimum Gasteiger partial charge on any atom is -0.478 e. The zero-order chi connectivity index (χ0) is 15.6. The number of carboxylic acids is 1. The Kier molecular flexibility index (Phi) is 4.12. The minimum atomic E-state index is -3.08. The second-order valence-corrected chi connectivity index (χ2v) is 7.09. The second-order valence-electron chi connectivity index (χ2n) is 4.87. The summed E-state index contributed by atoms with van der Waals surface area (Å²) in [6, 6.07) is 0.416. The summed E-state index contributed by atoms with van der Waals surface area (Å²) in [5.74, 6) is -1.12. The van der Waals surface area contributed by atoms with Gasteiger partial charge in [0.2, 0.25) is 0 Å².